The van der Waals surface area contributed by atoms with Gasteiger partial charge in [-0.25, -0.2) is 9.78 Å². The smallest absolute Gasteiger partial charge is 0.330 e. The molecule has 0 aliphatic heterocycles. The molecule has 0 unspecified atom stereocenters. The normalized spacial score (nSPS) is 11.7. The van der Waals surface area contributed by atoms with Gasteiger partial charge in [0.25, 0.3) is 11.5 Å². The molecule has 0 atom stereocenters. The summed E-state index contributed by atoms with van der Waals surface area (Å²) in [6, 6.07) is 9.80. The van der Waals surface area contributed by atoms with Crippen LogP contribution in [0.1, 0.15) is 61.6 Å². The first-order chi connectivity index (χ1) is 16.3. The number of hydrogen-bond donors (Lipinski definition) is 3. The monoisotopic (exact) mass is 461 g/mol. The van der Waals surface area contributed by atoms with Crippen molar-refractivity contribution in [3.05, 3.63) is 74.2 Å². The number of amides is 1. The highest BCUT2D eigenvalue weighted by Crippen LogP contribution is 2.21. The Morgan fingerprint density at radius 2 is 1.91 bits per heavy atom. The molecule has 8 heteroatoms. The highest BCUT2D eigenvalue weighted by molar-refractivity contribution is 6.05. The summed E-state index contributed by atoms with van der Waals surface area (Å²) in [5.41, 5.74) is 2.38. The Hall–Kier alpha value is -3.68. The summed E-state index contributed by atoms with van der Waals surface area (Å²) in [6.45, 7) is 8.76. The topological polar surface area (TPSA) is 113 Å². The zero-order valence-corrected chi connectivity index (χ0v) is 20.1. The van der Waals surface area contributed by atoms with Crippen molar-refractivity contribution in [3.8, 4) is 0 Å². The number of carbonyl (C=O) groups is 1. The SMILES string of the molecule is CC(C)Cn1c(=O)[nH]c(=O)c2c(C(=O)NCCCc3c[nH]c4ccccc34)cc(C(C)C)nc21. The van der Waals surface area contributed by atoms with Crippen molar-refractivity contribution >= 4 is 27.8 Å². The number of aromatic nitrogens is 4. The van der Waals surface area contributed by atoms with Crippen molar-refractivity contribution in [1.82, 2.24) is 24.8 Å². The van der Waals surface area contributed by atoms with Crippen LogP contribution in [0.15, 0.2) is 46.1 Å². The second kappa shape index (κ2) is 9.67. The van der Waals surface area contributed by atoms with Crippen molar-refractivity contribution < 1.29 is 4.79 Å². The molecule has 4 aromatic rings. The van der Waals surface area contributed by atoms with Crippen molar-refractivity contribution in [2.75, 3.05) is 6.54 Å². The van der Waals surface area contributed by atoms with Gasteiger partial charge in [-0.3, -0.25) is 19.1 Å². The molecule has 3 N–H and O–H groups in total. The van der Waals surface area contributed by atoms with Crippen molar-refractivity contribution in [1.29, 1.82) is 0 Å². The molecule has 178 valence electrons. The van der Waals surface area contributed by atoms with E-state index in [4.69, 9.17) is 0 Å². The number of fused-ring (bicyclic) bond motifs is 2. The van der Waals surface area contributed by atoms with Crippen LogP contribution in [0.5, 0.6) is 0 Å². The van der Waals surface area contributed by atoms with Crippen LogP contribution < -0.4 is 16.6 Å². The largest absolute Gasteiger partial charge is 0.361 e. The number of hydrogen-bond acceptors (Lipinski definition) is 4. The lowest BCUT2D eigenvalue weighted by molar-refractivity contribution is 0.0954. The van der Waals surface area contributed by atoms with Gasteiger partial charge in [-0.2, -0.15) is 0 Å². The van der Waals surface area contributed by atoms with Gasteiger partial charge in [-0.1, -0.05) is 45.9 Å². The summed E-state index contributed by atoms with van der Waals surface area (Å²) in [6.07, 6.45) is 3.57. The zero-order valence-electron chi connectivity index (χ0n) is 20.1. The maximum absolute atomic E-state index is 13.2. The van der Waals surface area contributed by atoms with Crippen LogP contribution >= 0.6 is 0 Å². The molecule has 0 aliphatic carbocycles. The number of nitrogens with zero attached hydrogens (tertiary/aromatic N) is 2. The van der Waals surface area contributed by atoms with E-state index >= 15 is 0 Å². The molecule has 1 aromatic carbocycles. The zero-order chi connectivity index (χ0) is 24.4. The first kappa shape index (κ1) is 23.5. The molecule has 34 heavy (non-hydrogen) atoms. The fraction of sp³-hybridized carbons (Fsp3) is 0.385. The van der Waals surface area contributed by atoms with E-state index in [1.165, 1.54) is 15.5 Å². The first-order valence-corrected chi connectivity index (χ1v) is 11.8. The summed E-state index contributed by atoms with van der Waals surface area (Å²) in [7, 11) is 0. The number of aromatic amines is 2. The van der Waals surface area contributed by atoms with Crippen LogP contribution in [0.25, 0.3) is 21.9 Å². The number of benzene rings is 1. The minimum atomic E-state index is -0.591. The summed E-state index contributed by atoms with van der Waals surface area (Å²) in [5.74, 6) is -0.147. The van der Waals surface area contributed by atoms with Gasteiger partial charge in [-0.05, 0) is 42.4 Å². The number of carbonyl (C=O) groups excluding carboxylic acids is 1. The average molecular weight is 462 g/mol. The van der Waals surface area contributed by atoms with E-state index in [1.807, 2.05) is 52.1 Å². The van der Waals surface area contributed by atoms with Crippen LogP contribution in [-0.4, -0.2) is 32.0 Å². The number of rotatable bonds is 8. The third-order valence-electron chi connectivity index (χ3n) is 5.94. The van der Waals surface area contributed by atoms with Gasteiger partial charge in [0.2, 0.25) is 0 Å². The molecular weight excluding hydrogens is 430 g/mol. The number of aryl methyl sites for hydroxylation is 1. The maximum atomic E-state index is 13.2. The van der Waals surface area contributed by atoms with Crippen LogP contribution in [0.3, 0.4) is 0 Å². The molecule has 0 bridgehead atoms. The van der Waals surface area contributed by atoms with Crippen molar-refractivity contribution in [3.63, 3.8) is 0 Å². The summed E-state index contributed by atoms with van der Waals surface area (Å²) in [4.78, 5) is 48.7. The van der Waals surface area contributed by atoms with E-state index in [-0.39, 0.29) is 34.3 Å². The molecular formula is C26H31N5O3. The van der Waals surface area contributed by atoms with E-state index < -0.39 is 11.2 Å². The standard InChI is InChI=1S/C26H31N5O3/c1-15(2)14-31-23-22(25(33)30-26(31)34)19(12-21(29-23)16(3)4)24(32)27-11-7-8-17-13-28-20-10-6-5-9-18(17)20/h5-6,9-10,12-13,15-16,28H,7-8,11,14H2,1-4H3,(H,27,32)(H,30,33,34). The summed E-state index contributed by atoms with van der Waals surface area (Å²) >= 11 is 0. The second-order valence-electron chi connectivity index (χ2n) is 9.43. The summed E-state index contributed by atoms with van der Waals surface area (Å²) < 4.78 is 1.46. The Morgan fingerprint density at radius 1 is 1.15 bits per heavy atom. The molecule has 0 spiro atoms. The number of nitrogens with one attached hydrogen (secondary N) is 3. The highest BCUT2D eigenvalue weighted by Gasteiger charge is 2.20. The van der Waals surface area contributed by atoms with Crippen LogP contribution in [0.4, 0.5) is 0 Å². The van der Waals surface area contributed by atoms with E-state index in [0.717, 1.165) is 18.4 Å². The van der Waals surface area contributed by atoms with E-state index in [9.17, 15) is 14.4 Å². The van der Waals surface area contributed by atoms with E-state index in [1.54, 1.807) is 6.07 Å². The predicted octanol–water partition coefficient (Wildman–Crippen LogP) is 3.71. The fourth-order valence-electron chi connectivity index (χ4n) is 4.22. The molecule has 3 heterocycles. The maximum Gasteiger partial charge on any atom is 0.330 e. The van der Waals surface area contributed by atoms with Crippen LogP contribution in [0, 0.1) is 5.92 Å². The Balaban J connectivity index is 1.61. The minimum absolute atomic E-state index is 0.0275. The number of H-pyrrole nitrogens is 2. The Morgan fingerprint density at radius 3 is 2.65 bits per heavy atom. The molecule has 0 fully saturated rings. The number of para-hydroxylation sites is 1. The molecule has 8 nitrogen and oxygen atoms in total. The van der Waals surface area contributed by atoms with E-state index in [2.05, 4.69) is 26.3 Å². The Kier molecular flexibility index (Phi) is 6.68. The quantitative estimate of drug-likeness (QED) is 0.347. The molecule has 0 aliphatic rings. The van der Waals surface area contributed by atoms with Gasteiger partial charge >= 0.3 is 5.69 Å². The van der Waals surface area contributed by atoms with Gasteiger partial charge in [0.15, 0.2) is 5.65 Å². The third-order valence-corrected chi connectivity index (χ3v) is 5.94. The molecule has 3 aromatic heterocycles. The average Bonchev–Trinajstić information content (AvgIpc) is 3.21. The molecule has 4 rings (SSSR count). The van der Waals surface area contributed by atoms with Gasteiger partial charge in [-0.15, -0.1) is 0 Å². The van der Waals surface area contributed by atoms with Crippen LogP contribution in [-0.2, 0) is 13.0 Å². The van der Waals surface area contributed by atoms with Crippen LogP contribution in [0.2, 0.25) is 0 Å². The first-order valence-electron chi connectivity index (χ1n) is 11.8. The lowest BCUT2D eigenvalue weighted by Crippen LogP contribution is -2.34. The third kappa shape index (κ3) is 4.66. The van der Waals surface area contributed by atoms with Crippen molar-refractivity contribution in [2.45, 2.75) is 53.0 Å². The molecule has 0 saturated heterocycles. The molecule has 0 radical (unpaired) electrons. The minimum Gasteiger partial charge on any atom is -0.361 e. The Bertz CT molecular complexity index is 1460. The fourth-order valence-corrected chi connectivity index (χ4v) is 4.22. The van der Waals surface area contributed by atoms with Crippen molar-refractivity contribution in [2.24, 2.45) is 5.92 Å². The molecule has 0 saturated carbocycles. The molecule has 1 amide bonds. The Labute approximate surface area is 197 Å². The second-order valence-corrected chi connectivity index (χ2v) is 9.43. The summed E-state index contributed by atoms with van der Waals surface area (Å²) in [5, 5.41) is 4.29. The van der Waals surface area contributed by atoms with Gasteiger partial charge in [0.1, 0.15) is 0 Å². The van der Waals surface area contributed by atoms with E-state index in [0.29, 0.717) is 18.8 Å². The van der Waals surface area contributed by atoms with Gasteiger partial charge in [0, 0.05) is 35.9 Å². The van der Waals surface area contributed by atoms with Gasteiger partial charge in [0.05, 0.1) is 10.9 Å². The predicted molar refractivity (Wildman–Crippen MR) is 135 cm³/mol. The number of pyridine rings is 1. The highest BCUT2D eigenvalue weighted by atomic mass is 16.2. The van der Waals surface area contributed by atoms with Gasteiger partial charge < -0.3 is 10.3 Å². The lowest BCUT2D eigenvalue weighted by Gasteiger charge is -2.16. The lowest BCUT2D eigenvalue weighted by atomic mass is 10.0.